The average Bonchev–Trinajstić information content (AvgIpc) is 3.01. The summed E-state index contributed by atoms with van der Waals surface area (Å²) in [7, 11) is 0. The van der Waals surface area contributed by atoms with Gasteiger partial charge in [0.1, 0.15) is 5.75 Å². The molecule has 0 N–H and O–H groups in total. The lowest BCUT2D eigenvalue weighted by Gasteiger charge is -2.13. The van der Waals surface area contributed by atoms with E-state index < -0.39 is 0 Å². The fourth-order valence-electron chi connectivity index (χ4n) is 2.66. The Kier molecular flexibility index (Phi) is 3.69. The summed E-state index contributed by atoms with van der Waals surface area (Å²) < 4.78 is 5.96. The highest BCUT2D eigenvalue weighted by atomic mass is 16.5. The van der Waals surface area contributed by atoms with Crippen molar-refractivity contribution in [1.82, 2.24) is 0 Å². The summed E-state index contributed by atoms with van der Waals surface area (Å²) in [6, 6.07) is 18.0. The normalized spacial score (nSPS) is 14.9. The molecule has 3 rings (SSSR count). The van der Waals surface area contributed by atoms with Gasteiger partial charge in [-0.15, -0.1) is 0 Å². The van der Waals surface area contributed by atoms with Gasteiger partial charge in [0.25, 0.3) is 0 Å². The summed E-state index contributed by atoms with van der Waals surface area (Å²) >= 11 is 0. The van der Waals surface area contributed by atoms with Crippen LogP contribution in [0.1, 0.15) is 31.2 Å². The van der Waals surface area contributed by atoms with Crippen LogP contribution < -0.4 is 4.74 Å². The molecule has 0 unspecified atom stereocenters. The van der Waals surface area contributed by atoms with Crippen molar-refractivity contribution in [3.8, 4) is 22.9 Å². The van der Waals surface area contributed by atoms with Crippen LogP contribution in [-0.4, -0.2) is 6.10 Å². The first kappa shape index (κ1) is 12.7. The highest BCUT2D eigenvalue weighted by Crippen LogP contribution is 2.26. The Labute approximate surface area is 119 Å². The molecule has 1 saturated carbocycles. The first-order chi connectivity index (χ1) is 9.85. The Morgan fingerprint density at radius 1 is 0.850 bits per heavy atom. The second-order valence-corrected chi connectivity index (χ2v) is 5.24. The van der Waals surface area contributed by atoms with Crippen LogP contribution in [0.3, 0.4) is 0 Å². The fourth-order valence-corrected chi connectivity index (χ4v) is 2.66. The molecular weight excluding hydrogens is 246 g/mol. The minimum absolute atomic E-state index is 0.399. The summed E-state index contributed by atoms with van der Waals surface area (Å²) in [5.74, 6) is 0.953. The summed E-state index contributed by atoms with van der Waals surface area (Å²) in [5.41, 5.74) is 2.96. The van der Waals surface area contributed by atoms with E-state index in [0.29, 0.717) is 11.7 Å². The molecule has 0 aromatic heterocycles. The zero-order valence-corrected chi connectivity index (χ0v) is 11.4. The summed E-state index contributed by atoms with van der Waals surface area (Å²) in [6.45, 7) is 0. The Balaban J connectivity index is 1.73. The molecule has 0 aliphatic heterocycles. The molecule has 2 aromatic carbocycles. The van der Waals surface area contributed by atoms with E-state index in [1.54, 1.807) is 0 Å². The Morgan fingerprint density at radius 3 is 1.95 bits per heavy atom. The van der Waals surface area contributed by atoms with Gasteiger partial charge in [-0.3, -0.25) is 0 Å². The molecule has 100 valence electrons. The maximum Gasteiger partial charge on any atom is 0.119 e. The maximum absolute atomic E-state index is 8.80. The van der Waals surface area contributed by atoms with Gasteiger partial charge >= 0.3 is 0 Å². The average molecular weight is 263 g/mol. The number of rotatable bonds is 3. The molecule has 20 heavy (non-hydrogen) atoms. The quantitative estimate of drug-likeness (QED) is 0.814. The van der Waals surface area contributed by atoms with Crippen molar-refractivity contribution in [2.24, 2.45) is 0 Å². The van der Waals surface area contributed by atoms with Crippen LogP contribution in [0.4, 0.5) is 0 Å². The van der Waals surface area contributed by atoms with E-state index in [2.05, 4.69) is 18.2 Å². The van der Waals surface area contributed by atoms with Crippen LogP contribution in [-0.2, 0) is 0 Å². The van der Waals surface area contributed by atoms with E-state index >= 15 is 0 Å². The van der Waals surface area contributed by atoms with E-state index in [1.165, 1.54) is 25.7 Å². The first-order valence-electron chi connectivity index (χ1n) is 7.12. The van der Waals surface area contributed by atoms with Crippen molar-refractivity contribution in [2.75, 3.05) is 0 Å². The number of hydrogen-bond donors (Lipinski definition) is 0. The van der Waals surface area contributed by atoms with Gasteiger partial charge in [-0.25, -0.2) is 0 Å². The molecule has 1 aliphatic rings. The van der Waals surface area contributed by atoms with E-state index in [4.69, 9.17) is 10.00 Å². The van der Waals surface area contributed by atoms with Gasteiger partial charge in [0.15, 0.2) is 0 Å². The molecule has 1 aliphatic carbocycles. The number of nitriles is 1. The van der Waals surface area contributed by atoms with Gasteiger partial charge in [0.2, 0.25) is 0 Å². The van der Waals surface area contributed by atoms with Crippen molar-refractivity contribution >= 4 is 0 Å². The first-order valence-corrected chi connectivity index (χ1v) is 7.12. The van der Waals surface area contributed by atoms with Crippen molar-refractivity contribution in [1.29, 1.82) is 5.26 Å². The topological polar surface area (TPSA) is 33.0 Å². The monoisotopic (exact) mass is 263 g/mol. The fraction of sp³-hybridized carbons (Fsp3) is 0.278. The van der Waals surface area contributed by atoms with Gasteiger partial charge in [-0.2, -0.15) is 5.26 Å². The molecule has 0 amide bonds. The third kappa shape index (κ3) is 2.83. The lowest BCUT2D eigenvalue weighted by atomic mass is 10.0. The van der Waals surface area contributed by atoms with Gasteiger partial charge in [0.05, 0.1) is 17.7 Å². The van der Waals surface area contributed by atoms with Gasteiger partial charge < -0.3 is 4.74 Å². The van der Waals surface area contributed by atoms with E-state index in [1.807, 2.05) is 36.4 Å². The predicted octanol–water partition coefficient (Wildman–Crippen LogP) is 4.55. The Bertz CT molecular complexity index is 601. The molecule has 2 aromatic rings. The SMILES string of the molecule is N#Cc1ccc(-c2ccc(OC3CCCC3)cc2)cc1. The largest absolute Gasteiger partial charge is 0.490 e. The zero-order valence-electron chi connectivity index (χ0n) is 11.4. The predicted molar refractivity (Wildman–Crippen MR) is 79.5 cm³/mol. The van der Waals surface area contributed by atoms with Crippen LogP contribution >= 0.6 is 0 Å². The van der Waals surface area contributed by atoms with Crippen LogP contribution in [0, 0.1) is 11.3 Å². The summed E-state index contributed by atoms with van der Waals surface area (Å²) in [5, 5.41) is 8.80. The molecular formula is C18H17NO. The van der Waals surface area contributed by atoms with Crippen LogP contribution in [0.2, 0.25) is 0 Å². The second kappa shape index (κ2) is 5.79. The van der Waals surface area contributed by atoms with Gasteiger partial charge in [-0.1, -0.05) is 24.3 Å². The molecule has 2 heteroatoms. The maximum atomic E-state index is 8.80. The molecule has 0 bridgehead atoms. The number of ether oxygens (including phenoxy) is 1. The van der Waals surface area contributed by atoms with E-state index in [0.717, 1.165) is 16.9 Å². The molecule has 2 nitrogen and oxygen atoms in total. The number of nitrogens with zero attached hydrogens (tertiary/aromatic N) is 1. The summed E-state index contributed by atoms with van der Waals surface area (Å²) in [4.78, 5) is 0. The molecule has 0 spiro atoms. The Hall–Kier alpha value is -2.27. The van der Waals surface area contributed by atoms with Crippen LogP contribution in [0.5, 0.6) is 5.75 Å². The van der Waals surface area contributed by atoms with Crippen molar-refractivity contribution in [2.45, 2.75) is 31.8 Å². The minimum Gasteiger partial charge on any atom is -0.490 e. The highest BCUT2D eigenvalue weighted by molar-refractivity contribution is 5.64. The highest BCUT2D eigenvalue weighted by Gasteiger charge is 2.16. The third-order valence-electron chi connectivity index (χ3n) is 3.81. The second-order valence-electron chi connectivity index (χ2n) is 5.24. The van der Waals surface area contributed by atoms with Crippen molar-refractivity contribution < 1.29 is 4.74 Å². The number of hydrogen-bond acceptors (Lipinski definition) is 2. The number of benzene rings is 2. The smallest absolute Gasteiger partial charge is 0.119 e. The molecule has 1 fully saturated rings. The molecule has 0 heterocycles. The lowest BCUT2D eigenvalue weighted by molar-refractivity contribution is 0.210. The standard InChI is InChI=1S/C18H17NO/c19-13-14-5-7-15(8-6-14)16-9-11-18(12-10-16)20-17-3-1-2-4-17/h5-12,17H,1-4H2. The lowest BCUT2D eigenvalue weighted by Crippen LogP contribution is -2.10. The van der Waals surface area contributed by atoms with Crippen LogP contribution in [0.15, 0.2) is 48.5 Å². The van der Waals surface area contributed by atoms with Crippen molar-refractivity contribution in [3.63, 3.8) is 0 Å². The Morgan fingerprint density at radius 2 is 1.40 bits per heavy atom. The van der Waals surface area contributed by atoms with Gasteiger partial charge in [-0.05, 0) is 61.1 Å². The van der Waals surface area contributed by atoms with Crippen molar-refractivity contribution in [3.05, 3.63) is 54.1 Å². The minimum atomic E-state index is 0.399. The molecule has 0 radical (unpaired) electrons. The summed E-state index contributed by atoms with van der Waals surface area (Å²) in [6.07, 6.45) is 5.33. The van der Waals surface area contributed by atoms with E-state index in [-0.39, 0.29) is 0 Å². The third-order valence-corrected chi connectivity index (χ3v) is 3.81. The molecule has 0 atom stereocenters. The van der Waals surface area contributed by atoms with E-state index in [9.17, 15) is 0 Å². The molecule has 0 saturated heterocycles. The van der Waals surface area contributed by atoms with Gasteiger partial charge in [0, 0.05) is 0 Å². The van der Waals surface area contributed by atoms with Crippen LogP contribution in [0.25, 0.3) is 11.1 Å². The zero-order chi connectivity index (χ0) is 13.8.